The first-order valence-electron chi connectivity index (χ1n) is 7.15. The second kappa shape index (κ2) is 6.83. The fraction of sp³-hybridized carbons (Fsp3) is 0.312. The number of halogens is 1. The predicted molar refractivity (Wildman–Crippen MR) is 85.4 cm³/mol. The van der Waals surface area contributed by atoms with Crippen LogP contribution >= 0.6 is 11.6 Å². The van der Waals surface area contributed by atoms with Crippen molar-refractivity contribution in [1.82, 2.24) is 10.5 Å². The van der Waals surface area contributed by atoms with E-state index in [1.54, 1.807) is 24.3 Å². The number of benzene rings is 1. The lowest BCUT2D eigenvalue weighted by molar-refractivity contribution is -0.144. The number of carboxylic acids is 1. The SMILES string of the molecule is CCCC(C)(NC(=O)c1cc(-c2ccccc2Cl)on1)C(=O)O. The second-order valence-corrected chi connectivity index (χ2v) is 5.80. The number of nitrogens with one attached hydrogen (secondary N) is 1. The molecule has 7 heteroatoms. The number of hydrogen-bond donors (Lipinski definition) is 2. The van der Waals surface area contributed by atoms with Gasteiger partial charge in [-0.3, -0.25) is 4.79 Å². The topological polar surface area (TPSA) is 92.4 Å². The van der Waals surface area contributed by atoms with E-state index >= 15 is 0 Å². The van der Waals surface area contributed by atoms with Crippen LogP contribution in [0.5, 0.6) is 0 Å². The van der Waals surface area contributed by atoms with Gasteiger partial charge in [0.2, 0.25) is 0 Å². The average molecular weight is 337 g/mol. The molecular formula is C16H17ClN2O4. The molecule has 2 N–H and O–H groups in total. The van der Waals surface area contributed by atoms with Crippen LogP contribution in [0.25, 0.3) is 11.3 Å². The van der Waals surface area contributed by atoms with Gasteiger partial charge in [0.05, 0.1) is 5.02 Å². The van der Waals surface area contributed by atoms with Crippen LogP contribution in [0, 0.1) is 0 Å². The van der Waals surface area contributed by atoms with Gasteiger partial charge < -0.3 is 14.9 Å². The summed E-state index contributed by atoms with van der Waals surface area (Å²) >= 11 is 6.07. The quantitative estimate of drug-likeness (QED) is 0.843. The van der Waals surface area contributed by atoms with Gasteiger partial charge in [-0.25, -0.2) is 4.79 Å². The lowest BCUT2D eigenvalue weighted by atomic mass is 9.96. The van der Waals surface area contributed by atoms with Crippen molar-refractivity contribution in [3.63, 3.8) is 0 Å². The summed E-state index contributed by atoms with van der Waals surface area (Å²) in [6.07, 6.45) is 0.927. The number of aliphatic carboxylic acids is 1. The third-order valence-corrected chi connectivity index (χ3v) is 3.82. The smallest absolute Gasteiger partial charge is 0.329 e. The number of carboxylic acid groups (broad SMARTS) is 1. The molecule has 6 nitrogen and oxygen atoms in total. The third kappa shape index (κ3) is 3.71. The van der Waals surface area contributed by atoms with Gasteiger partial charge in [0.15, 0.2) is 11.5 Å². The zero-order valence-corrected chi connectivity index (χ0v) is 13.6. The number of rotatable bonds is 6. The van der Waals surface area contributed by atoms with Crippen molar-refractivity contribution in [2.45, 2.75) is 32.2 Å². The van der Waals surface area contributed by atoms with E-state index < -0.39 is 17.4 Å². The van der Waals surface area contributed by atoms with Gasteiger partial charge in [0.1, 0.15) is 5.54 Å². The van der Waals surface area contributed by atoms with Gasteiger partial charge in [-0.15, -0.1) is 0 Å². The molecule has 23 heavy (non-hydrogen) atoms. The van der Waals surface area contributed by atoms with Crippen LogP contribution in [0.2, 0.25) is 5.02 Å². The molecule has 122 valence electrons. The third-order valence-electron chi connectivity index (χ3n) is 3.49. The Kier molecular flexibility index (Phi) is 5.05. The van der Waals surface area contributed by atoms with Gasteiger partial charge in [0.25, 0.3) is 5.91 Å². The largest absolute Gasteiger partial charge is 0.480 e. The lowest BCUT2D eigenvalue weighted by Crippen LogP contribution is -2.52. The summed E-state index contributed by atoms with van der Waals surface area (Å²) in [7, 11) is 0. The minimum atomic E-state index is -1.35. The highest BCUT2D eigenvalue weighted by Crippen LogP contribution is 2.28. The molecule has 2 rings (SSSR count). The summed E-state index contributed by atoms with van der Waals surface area (Å²) in [5, 5.41) is 16.0. The lowest BCUT2D eigenvalue weighted by Gasteiger charge is -2.25. The molecule has 1 unspecified atom stereocenters. The van der Waals surface area contributed by atoms with E-state index in [9.17, 15) is 14.7 Å². The normalized spacial score (nSPS) is 13.3. The van der Waals surface area contributed by atoms with Crippen molar-refractivity contribution in [3.8, 4) is 11.3 Å². The Labute approximate surface area is 138 Å². The molecule has 0 aliphatic carbocycles. The molecule has 0 spiro atoms. The van der Waals surface area contributed by atoms with Gasteiger partial charge in [-0.1, -0.05) is 42.2 Å². The Bertz CT molecular complexity index is 728. The van der Waals surface area contributed by atoms with E-state index in [0.29, 0.717) is 29.2 Å². The first-order chi connectivity index (χ1) is 10.9. The molecule has 1 atom stereocenters. The summed E-state index contributed by atoms with van der Waals surface area (Å²) < 4.78 is 5.14. The number of carbonyl (C=O) groups excluding carboxylic acids is 1. The van der Waals surface area contributed by atoms with Crippen molar-refractivity contribution in [3.05, 3.63) is 41.0 Å². The predicted octanol–water partition coefficient (Wildman–Crippen LogP) is 3.37. The number of carbonyl (C=O) groups is 2. The number of aromatic nitrogens is 1. The molecule has 0 aliphatic heterocycles. The van der Waals surface area contributed by atoms with Crippen molar-refractivity contribution >= 4 is 23.5 Å². The molecule has 1 heterocycles. The molecule has 1 amide bonds. The fourth-order valence-corrected chi connectivity index (χ4v) is 2.44. The minimum Gasteiger partial charge on any atom is -0.480 e. The summed E-state index contributed by atoms with van der Waals surface area (Å²) in [5.41, 5.74) is -0.742. The highest BCUT2D eigenvalue weighted by atomic mass is 35.5. The Morgan fingerprint density at radius 1 is 1.39 bits per heavy atom. The van der Waals surface area contributed by atoms with E-state index in [2.05, 4.69) is 10.5 Å². The molecular weight excluding hydrogens is 320 g/mol. The minimum absolute atomic E-state index is 0.00324. The molecule has 0 aliphatic rings. The maximum atomic E-state index is 12.2. The van der Waals surface area contributed by atoms with Crippen LogP contribution in [0.3, 0.4) is 0 Å². The summed E-state index contributed by atoms with van der Waals surface area (Å²) in [4.78, 5) is 23.6. The fourth-order valence-electron chi connectivity index (χ4n) is 2.21. The van der Waals surface area contributed by atoms with Crippen LogP contribution in [-0.2, 0) is 4.79 Å². The standard InChI is InChI=1S/C16H17ClN2O4/c1-3-8-16(2,15(21)22)18-14(20)12-9-13(23-19-12)10-6-4-5-7-11(10)17/h4-7,9H,3,8H2,1-2H3,(H,18,20)(H,21,22). The molecule has 1 aromatic heterocycles. The van der Waals surface area contributed by atoms with Gasteiger partial charge >= 0.3 is 5.97 Å². The highest BCUT2D eigenvalue weighted by Gasteiger charge is 2.34. The molecule has 1 aromatic carbocycles. The summed E-state index contributed by atoms with van der Waals surface area (Å²) in [5.74, 6) is -1.36. The van der Waals surface area contributed by atoms with E-state index in [1.807, 2.05) is 6.92 Å². The van der Waals surface area contributed by atoms with Crippen LogP contribution in [0.1, 0.15) is 37.2 Å². The summed E-state index contributed by atoms with van der Waals surface area (Å²) in [6, 6.07) is 8.43. The van der Waals surface area contributed by atoms with E-state index in [-0.39, 0.29) is 5.69 Å². The van der Waals surface area contributed by atoms with Crippen molar-refractivity contribution < 1.29 is 19.2 Å². The zero-order chi connectivity index (χ0) is 17.0. The Morgan fingerprint density at radius 2 is 2.09 bits per heavy atom. The van der Waals surface area contributed by atoms with Crippen LogP contribution in [-0.4, -0.2) is 27.7 Å². The molecule has 0 radical (unpaired) electrons. The van der Waals surface area contributed by atoms with Crippen LogP contribution in [0.15, 0.2) is 34.9 Å². The second-order valence-electron chi connectivity index (χ2n) is 5.40. The zero-order valence-electron chi connectivity index (χ0n) is 12.8. The molecule has 2 aromatic rings. The Balaban J connectivity index is 2.22. The first kappa shape index (κ1) is 17.0. The maximum absolute atomic E-state index is 12.2. The van der Waals surface area contributed by atoms with Gasteiger partial charge in [-0.2, -0.15) is 0 Å². The molecule has 0 saturated carbocycles. The van der Waals surface area contributed by atoms with E-state index in [0.717, 1.165) is 0 Å². The monoisotopic (exact) mass is 336 g/mol. The summed E-state index contributed by atoms with van der Waals surface area (Å²) in [6.45, 7) is 3.31. The number of amides is 1. The molecule has 0 fully saturated rings. The van der Waals surface area contributed by atoms with E-state index in [1.165, 1.54) is 13.0 Å². The van der Waals surface area contributed by atoms with Crippen molar-refractivity contribution in [2.75, 3.05) is 0 Å². The molecule has 0 saturated heterocycles. The van der Waals surface area contributed by atoms with Crippen molar-refractivity contribution in [2.24, 2.45) is 0 Å². The maximum Gasteiger partial charge on any atom is 0.329 e. The number of hydrogen-bond acceptors (Lipinski definition) is 4. The van der Waals surface area contributed by atoms with Crippen LogP contribution in [0.4, 0.5) is 0 Å². The van der Waals surface area contributed by atoms with Gasteiger partial charge in [-0.05, 0) is 25.5 Å². The molecule has 0 bridgehead atoms. The van der Waals surface area contributed by atoms with Gasteiger partial charge in [0, 0.05) is 11.6 Å². The number of nitrogens with zero attached hydrogens (tertiary/aromatic N) is 1. The average Bonchev–Trinajstić information content (AvgIpc) is 2.97. The first-order valence-corrected chi connectivity index (χ1v) is 7.52. The van der Waals surface area contributed by atoms with Crippen molar-refractivity contribution in [1.29, 1.82) is 0 Å². The highest BCUT2D eigenvalue weighted by molar-refractivity contribution is 6.33. The van der Waals surface area contributed by atoms with Crippen LogP contribution < -0.4 is 5.32 Å². The Hall–Kier alpha value is -2.34. The van der Waals surface area contributed by atoms with E-state index in [4.69, 9.17) is 16.1 Å². The Morgan fingerprint density at radius 3 is 2.70 bits per heavy atom.